The summed E-state index contributed by atoms with van der Waals surface area (Å²) < 4.78 is 13.1. The summed E-state index contributed by atoms with van der Waals surface area (Å²) in [6.07, 6.45) is 0. The van der Waals surface area contributed by atoms with Crippen LogP contribution in [0.4, 0.5) is 0 Å². The van der Waals surface area contributed by atoms with E-state index in [0.29, 0.717) is 23.3 Å². The summed E-state index contributed by atoms with van der Waals surface area (Å²) in [7, 11) is 1.63. The summed E-state index contributed by atoms with van der Waals surface area (Å²) in [5, 5.41) is 12.5. The van der Waals surface area contributed by atoms with Gasteiger partial charge < -0.3 is 14.8 Å². The Hall–Kier alpha value is -3.78. The molecule has 1 heterocycles. The van der Waals surface area contributed by atoms with Crippen LogP contribution in [0, 0.1) is 0 Å². The summed E-state index contributed by atoms with van der Waals surface area (Å²) in [4.78, 5) is 12.7. The number of nitrogens with zero attached hydrogens (tertiary/aromatic N) is 3. The first-order valence-corrected chi connectivity index (χ1v) is 12.4. The topological polar surface area (TPSA) is 78.3 Å². The Labute approximate surface area is 209 Å². The van der Waals surface area contributed by atoms with E-state index in [0.717, 1.165) is 22.6 Å². The lowest BCUT2D eigenvalue weighted by atomic mass is 10.1. The Morgan fingerprint density at radius 1 is 1.00 bits per heavy atom. The maximum atomic E-state index is 12.7. The van der Waals surface area contributed by atoms with Gasteiger partial charge in [0.15, 0.2) is 11.0 Å². The zero-order chi connectivity index (χ0) is 24.6. The van der Waals surface area contributed by atoms with Gasteiger partial charge >= 0.3 is 0 Å². The molecule has 0 unspecified atom stereocenters. The van der Waals surface area contributed by atoms with E-state index in [4.69, 9.17) is 9.47 Å². The Morgan fingerprint density at radius 2 is 1.71 bits per heavy atom. The molecule has 4 rings (SSSR count). The molecule has 3 aromatic carbocycles. The lowest BCUT2D eigenvalue weighted by Crippen LogP contribution is -2.28. The number of amides is 1. The van der Waals surface area contributed by atoms with E-state index >= 15 is 0 Å². The van der Waals surface area contributed by atoms with Gasteiger partial charge in [0.2, 0.25) is 5.91 Å². The molecule has 7 nitrogen and oxygen atoms in total. The first-order valence-electron chi connectivity index (χ1n) is 11.4. The zero-order valence-electron chi connectivity index (χ0n) is 20.0. The second-order valence-electron chi connectivity index (χ2n) is 7.76. The van der Waals surface area contributed by atoms with E-state index in [1.165, 1.54) is 11.8 Å². The number of ether oxygens (including phenoxy) is 2. The molecule has 0 spiro atoms. The molecule has 1 aromatic heterocycles. The van der Waals surface area contributed by atoms with Gasteiger partial charge in [0.25, 0.3) is 0 Å². The highest BCUT2D eigenvalue weighted by Gasteiger charge is 2.20. The Kier molecular flexibility index (Phi) is 8.05. The summed E-state index contributed by atoms with van der Waals surface area (Å²) in [6, 6.07) is 25.2. The summed E-state index contributed by atoms with van der Waals surface area (Å²) in [5.41, 5.74) is 2.73. The molecule has 4 aromatic rings. The van der Waals surface area contributed by atoms with E-state index in [-0.39, 0.29) is 17.7 Å². The zero-order valence-corrected chi connectivity index (χ0v) is 20.8. The summed E-state index contributed by atoms with van der Waals surface area (Å²) in [5.74, 6) is 2.24. The minimum absolute atomic E-state index is 0.0774. The molecule has 180 valence electrons. The van der Waals surface area contributed by atoms with Gasteiger partial charge in [0, 0.05) is 0 Å². The van der Waals surface area contributed by atoms with Crippen LogP contribution < -0.4 is 14.8 Å². The molecular weight excluding hydrogens is 460 g/mol. The second kappa shape index (κ2) is 11.6. The molecule has 1 atom stereocenters. The van der Waals surface area contributed by atoms with Crippen LogP contribution in [-0.2, 0) is 4.79 Å². The fourth-order valence-electron chi connectivity index (χ4n) is 3.70. The number of hydrogen-bond donors (Lipinski definition) is 1. The number of benzene rings is 3. The molecular formula is C27H28N4O3S. The lowest BCUT2D eigenvalue weighted by Gasteiger charge is -2.15. The van der Waals surface area contributed by atoms with E-state index in [2.05, 4.69) is 15.5 Å². The molecule has 0 radical (unpaired) electrons. The predicted octanol–water partition coefficient (Wildman–Crippen LogP) is 5.31. The van der Waals surface area contributed by atoms with Crippen molar-refractivity contribution in [1.29, 1.82) is 0 Å². The number of nitrogens with one attached hydrogen (secondary N) is 1. The van der Waals surface area contributed by atoms with Gasteiger partial charge in [-0.1, -0.05) is 54.2 Å². The van der Waals surface area contributed by atoms with Crippen molar-refractivity contribution in [1.82, 2.24) is 20.1 Å². The number of para-hydroxylation sites is 1. The quantitative estimate of drug-likeness (QED) is 0.305. The van der Waals surface area contributed by atoms with Crippen molar-refractivity contribution >= 4 is 17.7 Å². The largest absolute Gasteiger partial charge is 0.496 e. The number of carbonyl (C=O) groups excluding carboxylic acids is 1. The Balaban J connectivity index is 1.60. The van der Waals surface area contributed by atoms with Crippen molar-refractivity contribution < 1.29 is 14.3 Å². The Morgan fingerprint density at radius 3 is 2.43 bits per heavy atom. The number of methoxy groups -OCH3 is 1. The number of aromatic nitrogens is 3. The molecule has 0 saturated carbocycles. The third kappa shape index (κ3) is 5.84. The smallest absolute Gasteiger partial charge is 0.230 e. The average molecular weight is 489 g/mol. The van der Waals surface area contributed by atoms with Gasteiger partial charge in [0.05, 0.1) is 36.8 Å². The third-order valence-electron chi connectivity index (χ3n) is 5.40. The van der Waals surface area contributed by atoms with E-state index in [9.17, 15) is 4.79 Å². The summed E-state index contributed by atoms with van der Waals surface area (Å²) in [6.45, 7) is 4.52. The van der Waals surface area contributed by atoms with Crippen molar-refractivity contribution in [3.8, 4) is 28.6 Å². The monoisotopic (exact) mass is 488 g/mol. The predicted molar refractivity (Wildman–Crippen MR) is 138 cm³/mol. The SMILES string of the molecule is CCOc1ccc(-n2c(SCC(=O)N[C@H](C)c3ccccc3)nnc2-c2ccccc2OC)cc1. The molecule has 0 aliphatic rings. The maximum Gasteiger partial charge on any atom is 0.230 e. The van der Waals surface area contributed by atoms with Gasteiger partial charge in [-0.3, -0.25) is 9.36 Å². The van der Waals surface area contributed by atoms with Gasteiger partial charge in [-0.2, -0.15) is 0 Å². The number of hydrogen-bond acceptors (Lipinski definition) is 6. The van der Waals surface area contributed by atoms with E-state index < -0.39 is 0 Å². The van der Waals surface area contributed by atoms with Crippen LogP contribution in [0.2, 0.25) is 0 Å². The molecule has 1 amide bonds. The van der Waals surface area contributed by atoms with Gasteiger partial charge in [-0.25, -0.2) is 0 Å². The first-order chi connectivity index (χ1) is 17.1. The fraction of sp³-hybridized carbons (Fsp3) is 0.222. The molecule has 0 saturated heterocycles. The Bertz CT molecular complexity index is 1260. The standard InChI is InChI=1S/C27H28N4O3S/c1-4-34-22-16-14-21(15-17-22)31-26(23-12-8-9-13-24(23)33-3)29-30-27(31)35-18-25(32)28-19(2)20-10-6-5-7-11-20/h5-17,19H,4,18H2,1-3H3,(H,28,32)/t19-/m1/s1. The van der Waals surface area contributed by atoms with E-state index in [1.807, 2.05) is 97.3 Å². The number of rotatable bonds is 10. The van der Waals surface area contributed by atoms with Gasteiger partial charge in [0.1, 0.15) is 11.5 Å². The fourth-order valence-corrected chi connectivity index (χ4v) is 4.46. The maximum absolute atomic E-state index is 12.7. The van der Waals surface area contributed by atoms with Crippen LogP contribution in [0.15, 0.2) is 84.0 Å². The highest BCUT2D eigenvalue weighted by Crippen LogP contribution is 2.33. The molecule has 8 heteroatoms. The van der Waals surface area contributed by atoms with E-state index in [1.54, 1.807) is 7.11 Å². The molecule has 0 fully saturated rings. The molecule has 35 heavy (non-hydrogen) atoms. The minimum atomic E-state index is -0.0857. The van der Waals surface area contributed by atoms with Crippen LogP contribution in [-0.4, -0.2) is 40.1 Å². The number of carbonyl (C=O) groups is 1. The van der Waals surface area contributed by atoms with Crippen LogP contribution in [0.1, 0.15) is 25.5 Å². The third-order valence-corrected chi connectivity index (χ3v) is 6.33. The second-order valence-corrected chi connectivity index (χ2v) is 8.70. The van der Waals surface area contributed by atoms with Crippen molar-refractivity contribution in [3.05, 3.63) is 84.4 Å². The minimum Gasteiger partial charge on any atom is -0.496 e. The van der Waals surface area contributed by atoms with Crippen LogP contribution in [0.25, 0.3) is 17.1 Å². The highest BCUT2D eigenvalue weighted by atomic mass is 32.2. The first kappa shape index (κ1) is 24.3. The van der Waals surface area contributed by atoms with Crippen molar-refractivity contribution in [2.45, 2.75) is 25.0 Å². The molecule has 0 bridgehead atoms. The van der Waals surface area contributed by atoms with Crippen LogP contribution in [0.5, 0.6) is 11.5 Å². The molecule has 0 aliphatic heterocycles. The highest BCUT2D eigenvalue weighted by molar-refractivity contribution is 7.99. The van der Waals surface area contributed by atoms with Gasteiger partial charge in [-0.15, -0.1) is 10.2 Å². The van der Waals surface area contributed by atoms with Crippen LogP contribution in [0.3, 0.4) is 0 Å². The van der Waals surface area contributed by atoms with Crippen LogP contribution >= 0.6 is 11.8 Å². The molecule has 1 N–H and O–H groups in total. The van der Waals surface area contributed by atoms with Crippen molar-refractivity contribution in [2.75, 3.05) is 19.5 Å². The average Bonchev–Trinajstić information content (AvgIpc) is 3.32. The lowest BCUT2D eigenvalue weighted by molar-refractivity contribution is -0.119. The van der Waals surface area contributed by atoms with Crippen molar-refractivity contribution in [2.24, 2.45) is 0 Å². The van der Waals surface area contributed by atoms with Crippen molar-refractivity contribution in [3.63, 3.8) is 0 Å². The van der Waals surface area contributed by atoms with Gasteiger partial charge in [-0.05, 0) is 55.8 Å². The normalized spacial score (nSPS) is 11.6. The summed E-state index contributed by atoms with van der Waals surface area (Å²) >= 11 is 1.34. The molecule has 0 aliphatic carbocycles. The number of thioether (sulfide) groups is 1.